The summed E-state index contributed by atoms with van der Waals surface area (Å²) in [6, 6.07) is 10.2. The molecule has 0 saturated heterocycles. The van der Waals surface area contributed by atoms with Gasteiger partial charge in [-0.2, -0.15) is 4.80 Å². The summed E-state index contributed by atoms with van der Waals surface area (Å²) < 4.78 is 26.7. The van der Waals surface area contributed by atoms with Crippen LogP contribution in [0.1, 0.15) is 15.9 Å². The van der Waals surface area contributed by atoms with E-state index in [1.54, 1.807) is 0 Å². The summed E-state index contributed by atoms with van der Waals surface area (Å²) in [5.41, 5.74) is 1.43. The Kier molecular flexibility index (Phi) is 3.92. The molecule has 0 saturated carbocycles. The average Bonchev–Trinajstić information content (AvgIpc) is 2.98. The largest absolute Gasteiger partial charge is 0.292 e. The van der Waals surface area contributed by atoms with Gasteiger partial charge >= 0.3 is 0 Å². The number of benzene rings is 2. The molecule has 7 heteroatoms. The minimum atomic E-state index is -0.782. The van der Waals surface area contributed by atoms with Crippen LogP contribution in [0.5, 0.6) is 0 Å². The van der Waals surface area contributed by atoms with Gasteiger partial charge in [0.2, 0.25) is 5.82 Å². The van der Waals surface area contributed by atoms with E-state index < -0.39 is 17.4 Å². The summed E-state index contributed by atoms with van der Waals surface area (Å²) in [6.07, 6.45) is 0. The fourth-order valence-corrected chi connectivity index (χ4v) is 2.17. The highest BCUT2D eigenvalue weighted by Crippen LogP contribution is 2.18. The fraction of sp³-hybridized carbons (Fsp3) is 0.125. The normalized spacial score (nSPS) is 10.7. The minimum Gasteiger partial charge on any atom is -0.292 e. The van der Waals surface area contributed by atoms with Gasteiger partial charge in [0.15, 0.2) is 5.78 Å². The maximum atomic E-state index is 13.6. The third-order valence-corrected chi connectivity index (χ3v) is 3.35. The Morgan fingerprint density at radius 2 is 1.96 bits per heavy atom. The van der Waals surface area contributed by atoms with Crippen molar-refractivity contribution in [2.45, 2.75) is 13.5 Å². The monoisotopic (exact) mass is 314 g/mol. The molecule has 1 aromatic heterocycles. The molecule has 0 radical (unpaired) electrons. The maximum absolute atomic E-state index is 13.6. The van der Waals surface area contributed by atoms with Gasteiger partial charge in [-0.3, -0.25) is 4.79 Å². The van der Waals surface area contributed by atoms with Crippen LogP contribution in [0.2, 0.25) is 0 Å². The van der Waals surface area contributed by atoms with Crippen molar-refractivity contribution in [2.75, 3.05) is 0 Å². The molecule has 0 N–H and O–H groups in total. The van der Waals surface area contributed by atoms with Crippen LogP contribution in [0, 0.1) is 18.6 Å². The number of tetrazole rings is 1. The van der Waals surface area contributed by atoms with E-state index in [0.717, 1.165) is 34.1 Å². The minimum absolute atomic E-state index is 0.320. The molecule has 3 aromatic rings. The lowest BCUT2D eigenvalue weighted by Crippen LogP contribution is -2.14. The quantitative estimate of drug-likeness (QED) is 0.695. The predicted molar refractivity (Wildman–Crippen MR) is 78.7 cm³/mol. The maximum Gasteiger partial charge on any atom is 0.205 e. The van der Waals surface area contributed by atoms with E-state index in [1.807, 2.05) is 31.2 Å². The van der Waals surface area contributed by atoms with Gasteiger partial charge in [-0.15, -0.1) is 10.2 Å². The zero-order valence-corrected chi connectivity index (χ0v) is 12.2. The number of Topliss-reactive ketones (excluding diaryl/α,β-unsaturated/α-hetero) is 1. The molecule has 116 valence electrons. The molecule has 0 amide bonds. The molecule has 0 aliphatic carbocycles. The number of hydrogen-bond donors (Lipinski definition) is 0. The predicted octanol–water partition coefficient (Wildman–Crippen LogP) is 2.81. The van der Waals surface area contributed by atoms with E-state index in [-0.39, 0.29) is 12.1 Å². The number of ketones is 1. The number of aryl methyl sites for hydroxylation is 1. The van der Waals surface area contributed by atoms with E-state index >= 15 is 0 Å². The number of rotatable bonds is 4. The summed E-state index contributed by atoms with van der Waals surface area (Å²) >= 11 is 0. The second-order valence-corrected chi connectivity index (χ2v) is 5.01. The molecule has 3 rings (SSSR count). The van der Waals surface area contributed by atoms with Gasteiger partial charge < -0.3 is 0 Å². The fourth-order valence-electron chi connectivity index (χ4n) is 2.17. The number of carbonyl (C=O) groups excluding carboxylic acids is 1. The van der Waals surface area contributed by atoms with Gasteiger partial charge in [0.1, 0.15) is 18.2 Å². The molecule has 0 bridgehead atoms. The van der Waals surface area contributed by atoms with Gasteiger partial charge in [-0.1, -0.05) is 24.3 Å². The summed E-state index contributed by atoms with van der Waals surface area (Å²) in [7, 11) is 0. The second kappa shape index (κ2) is 6.04. The van der Waals surface area contributed by atoms with Gasteiger partial charge in [0.25, 0.3) is 0 Å². The highest BCUT2D eigenvalue weighted by atomic mass is 19.1. The van der Waals surface area contributed by atoms with Gasteiger partial charge in [0, 0.05) is 5.56 Å². The third kappa shape index (κ3) is 3.13. The van der Waals surface area contributed by atoms with Gasteiger partial charge in [0.05, 0.1) is 5.56 Å². The topological polar surface area (TPSA) is 60.7 Å². The Balaban J connectivity index is 1.83. The molecule has 23 heavy (non-hydrogen) atoms. The molecular weight excluding hydrogens is 302 g/mol. The van der Waals surface area contributed by atoms with Gasteiger partial charge in [-0.05, 0) is 35.9 Å². The summed E-state index contributed by atoms with van der Waals surface area (Å²) in [5.74, 6) is -1.72. The molecule has 0 atom stereocenters. The molecule has 0 spiro atoms. The summed E-state index contributed by atoms with van der Waals surface area (Å²) in [5, 5.41) is 11.8. The molecule has 1 heterocycles. The first kappa shape index (κ1) is 15.0. The van der Waals surface area contributed by atoms with E-state index in [0.29, 0.717) is 5.82 Å². The number of carbonyl (C=O) groups is 1. The SMILES string of the molecule is Cc1ccccc1-c1nnn(CC(=O)c2cc(F)ccc2F)n1. The van der Waals surface area contributed by atoms with Crippen molar-refractivity contribution in [3.05, 3.63) is 65.2 Å². The Labute approximate surface area is 130 Å². The Bertz CT molecular complexity index is 876. The van der Waals surface area contributed by atoms with E-state index in [1.165, 1.54) is 0 Å². The van der Waals surface area contributed by atoms with Crippen LogP contribution in [-0.4, -0.2) is 26.0 Å². The Morgan fingerprint density at radius 1 is 1.17 bits per heavy atom. The van der Waals surface area contributed by atoms with Crippen LogP contribution in [-0.2, 0) is 6.54 Å². The van der Waals surface area contributed by atoms with Crippen LogP contribution in [0.3, 0.4) is 0 Å². The lowest BCUT2D eigenvalue weighted by Gasteiger charge is -2.02. The smallest absolute Gasteiger partial charge is 0.205 e. The van der Waals surface area contributed by atoms with Crippen LogP contribution < -0.4 is 0 Å². The van der Waals surface area contributed by atoms with Crippen LogP contribution in [0.25, 0.3) is 11.4 Å². The number of hydrogen-bond acceptors (Lipinski definition) is 4. The van der Waals surface area contributed by atoms with Crippen molar-refractivity contribution in [3.8, 4) is 11.4 Å². The molecule has 2 aromatic carbocycles. The highest BCUT2D eigenvalue weighted by Gasteiger charge is 2.16. The zero-order chi connectivity index (χ0) is 16.4. The number of aromatic nitrogens is 4. The third-order valence-electron chi connectivity index (χ3n) is 3.35. The number of halogens is 2. The van der Waals surface area contributed by atoms with Crippen LogP contribution in [0.4, 0.5) is 8.78 Å². The number of nitrogens with zero attached hydrogens (tertiary/aromatic N) is 4. The molecule has 0 aliphatic rings. The molecule has 5 nitrogen and oxygen atoms in total. The molecule has 0 fully saturated rings. The van der Waals surface area contributed by atoms with E-state index in [4.69, 9.17) is 0 Å². The molecule has 0 unspecified atom stereocenters. The lowest BCUT2D eigenvalue weighted by atomic mass is 10.1. The first-order valence-corrected chi connectivity index (χ1v) is 6.86. The van der Waals surface area contributed by atoms with Crippen molar-refractivity contribution in [3.63, 3.8) is 0 Å². The first-order valence-electron chi connectivity index (χ1n) is 6.86. The van der Waals surface area contributed by atoms with Crippen molar-refractivity contribution in [2.24, 2.45) is 0 Å². The first-order chi connectivity index (χ1) is 11.0. The highest BCUT2D eigenvalue weighted by molar-refractivity contribution is 5.96. The second-order valence-electron chi connectivity index (χ2n) is 5.01. The Morgan fingerprint density at radius 3 is 2.74 bits per heavy atom. The van der Waals surface area contributed by atoms with Crippen molar-refractivity contribution in [1.82, 2.24) is 20.2 Å². The zero-order valence-electron chi connectivity index (χ0n) is 12.2. The standard InChI is InChI=1S/C16H12F2N4O/c1-10-4-2-3-5-12(10)16-19-21-22(20-16)9-15(23)13-8-11(17)6-7-14(13)18/h2-8H,9H2,1H3. The van der Waals surface area contributed by atoms with Crippen molar-refractivity contribution >= 4 is 5.78 Å². The average molecular weight is 314 g/mol. The van der Waals surface area contributed by atoms with E-state index in [2.05, 4.69) is 15.4 Å². The van der Waals surface area contributed by atoms with Crippen molar-refractivity contribution < 1.29 is 13.6 Å². The van der Waals surface area contributed by atoms with Gasteiger partial charge in [-0.25, -0.2) is 8.78 Å². The van der Waals surface area contributed by atoms with Crippen molar-refractivity contribution in [1.29, 1.82) is 0 Å². The molecular formula is C16H12F2N4O. The van der Waals surface area contributed by atoms with E-state index in [9.17, 15) is 13.6 Å². The van der Waals surface area contributed by atoms with Crippen LogP contribution in [0.15, 0.2) is 42.5 Å². The lowest BCUT2D eigenvalue weighted by molar-refractivity contribution is 0.0957. The molecule has 0 aliphatic heterocycles. The summed E-state index contributed by atoms with van der Waals surface area (Å²) in [6.45, 7) is 1.59. The van der Waals surface area contributed by atoms with Crippen LogP contribution >= 0.6 is 0 Å². The summed E-state index contributed by atoms with van der Waals surface area (Å²) in [4.78, 5) is 13.1. The Hall–Kier alpha value is -2.96.